The highest BCUT2D eigenvalue weighted by Crippen LogP contribution is 2.27. The van der Waals surface area contributed by atoms with Crippen molar-refractivity contribution in [3.63, 3.8) is 0 Å². The first-order chi connectivity index (χ1) is 11.7. The minimum atomic E-state index is -0.422. The SMILES string of the molecule is NC(=NCc1ccc(CO)c(F)c1)Nc1cccc2c1CCCC2. The topological polar surface area (TPSA) is 70.6 Å². The van der Waals surface area contributed by atoms with Crippen LogP contribution in [0.5, 0.6) is 0 Å². The molecule has 0 amide bonds. The number of hydrogen-bond acceptors (Lipinski definition) is 2. The number of aliphatic hydroxyl groups is 1. The number of hydrogen-bond donors (Lipinski definition) is 3. The molecular formula is C19H22FN3O. The van der Waals surface area contributed by atoms with E-state index in [-0.39, 0.29) is 18.7 Å². The third kappa shape index (κ3) is 3.74. The summed E-state index contributed by atoms with van der Waals surface area (Å²) in [7, 11) is 0. The first-order valence-corrected chi connectivity index (χ1v) is 8.23. The van der Waals surface area contributed by atoms with E-state index in [9.17, 15) is 4.39 Å². The summed E-state index contributed by atoms with van der Waals surface area (Å²) in [6, 6.07) is 10.9. The fraction of sp³-hybridized carbons (Fsp3) is 0.316. The van der Waals surface area contributed by atoms with E-state index >= 15 is 0 Å². The van der Waals surface area contributed by atoms with Crippen LogP contribution in [0.3, 0.4) is 0 Å². The van der Waals surface area contributed by atoms with Crippen molar-refractivity contribution >= 4 is 11.6 Å². The number of fused-ring (bicyclic) bond motifs is 1. The van der Waals surface area contributed by atoms with Crippen LogP contribution < -0.4 is 11.1 Å². The molecule has 1 aliphatic carbocycles. The molecule has 0 saturated heterocycles. The lowest BCUT2D eigenvalue weighted by Crippen LogP contribution is -2.24. The van der Waals surface area contributed by atoms with Crippen molar-refractivity contribution in [2.45, 2.75) is 38.8 Å². The minimum Gasteiger partial charge on any atom is -0.392 e. The number of halogens is 1. The molecule has 0 unspecified atom stereocenters. The summed E-state index contributed by atoms with van der Waals surface area (Å²) in [4.78, 5) is 4.29. The third-order valence-corrected chi connectivity index (χ3v) is 4.38. The van der Waals surface area contributed by atoms with Gasteiger partial charge in [-0.25, -0.2) is 9.38 Å². The predicted octanol–water partition coefficient (Wildman–Crippen LogP) is 3.12. The Bertz CT molecular complexity index is 758. The molecule has 3 rings (SSSR count). The van der Waals surface area contributed by atoms with Crippen molar-refractivity contribution < 1.29 is 9.50 Å². The molecule has 4 N–H and O–H groups in total. The molecule has 0 aromatic heterocycles. The monoisotopic (exact) mass is 327 g/mol. The number of nitrogens with one attached hydrogen (secondary N) is 1. The fourth-order valence-corrected chi connectivity index (χ4v) is 3.07. The van der Waals surface area contributed by atoms with Gasteiger partial charge >= 0.3 is 0 Å². The molecule has 0 heterocycles. The molecule has 0 radical (unpaired) electrons. The van der Waals surface area contributed by atoms with Crippen LogP contribution in [0.2, 0.25) is 0 Å². The van der Waals surface area contributed by atoms with Crippen LogP contribution in [-0.2, 0) is 26.0 Å². The molecule has 0 spiro atoms. The van der Waals surface area contributed by atoms with Crippen molar-refractivity contribution in [3.05, 3.63) is 64.5 Å². The average Bonchev–Trinajstić information content (AvgIpc) is 2.60. The number of aliphatic hydroxyl groups excluding tert-OH is 1. The number of anilines is 1. The Morgan fingerprint density at radius 2 is 2.04 bits per heavy atom. The summed E-state index contributed by atoms with van der Waals surface area (Å²) in [5.41, 5.74) is 10.7. The number of nitrogens with two attached hydrogens (primary N) is 1. The summed E-state index contributed by atoms with van der Waals surface area (Å²) < 4.78 is 13.7. The number of rotatable bonds is 4. The number of nitrogens with zero attached hydrogens (tertiary/aromatic N) is 1. The lowest BCUT2D eigenvalue weighted by atomic mass is 9.90. The van der Waals surface area contributed by atoms with Gasteiger partial charge in [-0.05, 0) is 54.5 Å². The largest absolute Gasteiger partial charge is 0.392 e. The van der Waals surface area contributed by atoms with Crippen LogP contribution in [0.1, 0.15) is 35.1 Å². The van der Waals surface area contributed by atoms with Crippen LogP contribution in [0, 0.1) is 5.82 Å². The van der Waals surface area contributed by atoms with Crippen LogP contribution in [0.15, 0.2) is 41.4 Å². The minimum absolute atomic E-state index is 0.282. The second kappa shape index (κ2) is 7.45. The maximum Gasteiger partial charge on any atom is 0.193 e. The zero-order chi connectivity index (χ0) is 16.9. The molecular weight excluding hydrogens is 305 g/mol. The molecule has 0 saturated carbocycles. The molecule has 0 bridgehead atoms. The highest BCUT2D eigenvalue weighted by atomic mass is 19.1. The highest BCUT2D eigenvalue weighted by Gasteiger charge is 2.13. The lowest BCUT2D eigenvalue weighted by molar-refractivity contribution is 0.275. The Balaban J connectivity index is 1.70. The van der Waals surface area contributed by atoms with Gasteiger partial charge < -0.3 is 16.2 Å². The standard InChI is InChI=1S/C19H22FN3O/c20-17-10-13(8-9-15(17)12-24)11-22-19(21)23-18-7-3-5-14-4-1-2-6-16(14)18/h3,5,7-10,24H,1-2,4,6,11-12H2,(H3,21,22,23). The number of benzene rings is 2. The van der Waals surface area contributed by atoms with Gasteiger partial charge in [0.05, 0.1) is 13.2 Å². The summed E-state index contributed by atoms with van der Waals surface area (Å²) >= 11 is 0. The molecule has 0 fully saturated rings. The van der Waals surface area contributed by atoms with E-state index in [1.165, 1.54) is 30.0 Å². The van der Waals surface area contributed by atoms with Gasteiger partial charge in [-0.3, -0.25) is 0 Å². The summed E-state index contributed by atoms with van der Waals surface area (Å²) in [5.74, 6) is -0.102. The summed E-state index contributed by atoms with van der Waals surface area (Å²) in [6.45, 7) is -0.0192. The second-order valence-corrected chi connectivity index (χ2v) is 6.06. The van der Waals surface area contributed by atoms with Crippen molar-refractivity contribution in [1.82, 2.24) is 0 Å². The van der Waals surface area contributed by atoms with E-state index in [0.717, 1.165) is 18.5 Å². The normalized spacial score (nSPS) is 14.3. The first kappa shape index (κ1) is 16.5. The quantitative estimate of drug-likeness (QED) is 0.597. The average molecular weight is 327 g/mol. The zero-order valence-electron chi connectivity index (χ0n) is 13.6. The Kier molecular flexibility index (Phi) is 5.11. The first-order valence-electron chi connectivity index (χ1n) is 8.23. The van der Waals surface area contributed by atoms with Gasteiger partial charge in [0, 0.05) is 11.3 Å². The zero-order valence-corrected chi connectivity index (χ0v) is 13.6. The molecule has 0 aliphatic heterocycles. The van der Waals surface area contributed by atoms with Gasteiger partial charge in [0.15, 0.2) is 5.96 Å². The molecule has 4 nitrogen and oxygen atoms in total. The number of guanidine groups is 1. The van der Waals surface area contributed by atoms with Crippen LogP contribution in [0.4, 0.5) is 10.1 Å². The number of aliphatic imine (C=N–C) groups is 1. The molecule has 0 atom stereocenters. The molecule has 2 aromatic rings. The highest BCUT2D eigenvalue weighted by molar-refractivity contribution is 5.93. The van der Waals surface area contributed by atoms with E-state index in [4.69, 9.17) is 10.8 Å². The Morgan fingerprint density at radius 1 is 1.21 bits per heavy atom. The Hall–Kier alpha value is -2.40. The van der Waals surface area contributed by atoms with Gasteiger partial charge in [0.25, 0.3) is 0 Å². The van der Waals surface area contributed by atoms with E-state index in [0.29, 0.717) is 11.5 Å². The predicted molar refractivity (Wildman–Crippen MR) is 94.4 cm³/mol. The van der Waals surface area contributed by atoms with Crippen LogP contribution in [0.25, 0.3) is 0 Å². The fourth-order valence-electron chi connectivity index (χ4n) is 3.07. The van der Waals surface area contributed by atoms with E-state index < -0.39 is 5.82 Å². The summed E-state index contributed by atoms with van der Waals surface area (Å²) in [5, 5.41) is 12.2. The molecule has 1 aliphatic rings. The van der Waals surface area contributed by atoms with Gasteiger partial charge in [-0.15, -0.1) is 0 Å². The number of aryl methyl sites for hydroxylation is 1. The van der Waals surface area contributed by atoms with Crippen LogP contribution >= 0.6 is 0 Å². The van der Waals surface area contributed by atoms with E-state index in [1.54, 1.807) is 12.1 Å². The van der Waals surface area contributed by atoms with Gasteiger partial charge in [-0.2, -0.15) is 0 Å². The maximum absolute atomic E-state index is 13.7. The second-order valence-electron chi connectivity index (χ2n) is 6.06. The smallest absolute Gasteiger partial charge is 0.193 e. The van der Waals surface area contributed by atoms with Gasteiger partial charge in [-0.1, -0.05) is 24.3 Å². The van der Waals surface area contributed by atoms with E-state index in [1.807, 2.05) is 12.1 Å². The Labute approximate surface area is 141 Å². The molecule has 24 heavy (non-hydrogen) atoms. The molecule has 126 valence electrons. The molecule has 2 aromatic carbocycles. The van der Waals surface area contributed by atoms with Crippen LogP contribution in [-0.4, -0.2) is 11.1 Å². The van der Waals surface area contributed by atoms with Crippen molar-refractivity contribution in [2.24, 2.45) is 10.7 Å². The lowest BCUT2D eigenvalue weighted by Gasteiger charge is -2.19. The van der Waals surface area contributed by atoms with Crippen molar-refractivity contribution in [1.29, 1.82) is 0 Å². The summed E-state index contributed by atoms with van der Waals surface area (Å²) in [6.07, 6.45) is 4.59. The van der Waals surface area contributed by atoms with E-state index in [2.05, 4.69) is 16.4 Å². The maximum atomic E-state index is 13.7. The van der Waals surface area contributed by atoms with Crippen molar-refractivity contribution in [3.8, 4) is 0 Å². The van der Waals surface area contributed by atoms with Gasteiger partial charge in [0.2, 0.25) is 0 Å². The Morgan fingerprint density at radius 3 is 2.83 bits per heavy atom. The van der Waals surface area contributed by atoms with Gasteiger partial charge in [0.1, 0.15) is 5.82 Å². The third-order valence-electron chi connectivity index (χ3n) is 4.38. The van der Waals surface area contributed by atoms with Crippen molar-refractivity contribution in [2.75, 3.05) is 5.32 Å². The molecule has 5 heteroatoms.